The van der Waals surface area contributed by atoms with Gasteiger partial charge < -0.3 is 15.5 Å². The topological polar surface area (TPSA) is 133 Å². The third-order valence-corrected chi connectivity index (χ3v) is 6.00. The van der Waals surface area contributed by atoms with Crippen molar-refractivity contribution in [1.29, 1.82) is 0 Å². The van der Waals surface area contributed by atoms with E-state index in [0.717, 1.165) is 22.0 Å². The number of nitrogens with one attached hydrogen (secondary N) is 3. The van der Waals surface area contributed by atoms with Crippen LogP contribution in [0.1, 0.15) is 40.2 Å². The number of carbonyl (C=O) groups is 4. The molecule has 1 saturated heterocycles. The Hall–Kier alpha value is -4.34. The first-order valence-corrected chi connectivity index (χ1v) is 10.9. The lowest BCUT2D eigenvalue weighted by molar-refractivity contribution is -0.136. The summed E-state index contributed by atoms with van der Waals surface area (Å²) in [6.45, 7) is 2.36. The number of rotatable bonds is 4. The van der Waals surface area contributed by atoms with Crippen LogP contribution in [-0.2, 0) is 22.7 Å². The van der Waals surface area contributed by atoms with Crippen LogP contribution in [-0.4, -0.2) is 44.7 Å². The highest BCUT2D eigenvalue weighted by Crippen LogP contribution is 2.28. The minimum Gasteiger partial charge on any atom is -0.334 e. The van der Waals surface area contributed by atoms with Crippen molar-refractivity contribution in [3.8, 4) is 0 Å². The van der Waals surface area contributed by atoms with Crippen molar-refractivity contribution in [1.82, 2.24) is 25.5 Å². The van der Waals surface area contributed by atoms with E-state index in [2.05, 4.69) is 25.9 Å². The van der Waals surface area contributed by atoms with E-state index in [1.807, 2.05) is 12.1 Å². The molecule has 10 heteroatoms. The zero-order valence-corrected chi connectivity index (χ0v) is 18.4. The van der Waals surface area contributed by atoms with Gasteiger partial charge in [-0.1, -0.05) is 12.1 Å². The van der Waals surface area contributed by atoms with Gasteiger partial charge in [-0.3, -0.25) is 19.7 Å². The highest BCUT2D eigenvalue weighted by molar-refractivity contribution is 6.05. The summed E-state index contributed by atoms with van der Waals surface area (Å²) in [6.07, 6.45) is 2.27. The van der Waals surface area contributed by atoms with E-state index in [9.17, 15) is 19.2 Å². The average Bonchev–Trinajstić information content (AvgIpc) is 3.13. The molecule has 3 aromatic rings. The maximum absolute atomic E-state index is 12.8. The van der Waals surface area contributed by atoms with E-state index in [4.69, 9.17) is 0 Å². The van der Waals surface area contributed by atoms with Crippen LogP contribution in [0, 0.1) is 6.92 Å². The molecule has 3 heterocycles. The number of amides is 5. The molecule has 0 saturated carbocycles. The highest BCUT2D eigenvalue weighted by Gasteiger charge is 2.39. The van der Waals surface area contributed by atoms with Crippen LogP contribution in [0.4, 0.5) is 10.5 Å². The summed E-state index contributed by atoms with van der Waals surface area (Å²) in [6, 6.07) is 9.74. The fourth-order valence-corrected chi connectivity index (χ4v) is 4.29. The Morgan fingerprint density at radius 2 is 2.03 bits per heavy atom. The molecule has 5 amide bonds. The van der Waals surface area contributed by atoms with E-state index in [-0.39, 0.29) is 30.8 Å². The second-order valence-electron chi connectivity index (χ2n) is 8.39. The molecule has 34 heavy (non-hydrogen) atoms. The maximum Gasteiger partial charge on any atom is 0.319 e. The maximum atomic E-state index is 12.8. The number of nitrogens with zero attached hydrogens (tertiary/aromatic N) is 3. The average molecular weight is 458 g/mol. The van der Waals surface area contributed by atoms with Crippen LogP contribution >= 0.6 is 0 Å². The monoisotopic (exact) mass is 458 g/mol. The summed E-state index contributed by atoms with van der Waals surface area (Å²) in [4.78, 5) is 58.8. The first kappa shape index (κ1) is 21.5. The van der Waals surface area contributed by atoms with Gasteiger partial charge in [0.05, 0.1) is 5.52 Å². The lowest BCUT2D eigenvalue weighted by Crippen LogP contribution is -2.52. The summed E-state index contributed by atoms with van der Waals surface area (Å²) in [7, 11) is 0. The van der Waals surface area contributed by atoms with Gasteiger partial charge in [0.1, 0.15) is 11.9 Å². The molecule has 10 nitrogen and oxygen atoms in total. The molecule has 0 bridgehead atoms. The first-order chi connectivity index (χ1) is 16.4. The summed E-state index contributed by atoms with van der Waals surface area (Å²) >= 11 is 0. The van der Waals surface area contributed by atoms with Crippen molar-refractivity contribution >= 4 is 40.3 Å². The van der Waals surface area contributed by atoms with Gasteiger partial charge in [0, 0.05) is 42.3 Å². The van der Waals surface area contributed by atoms with Crippen molar-refractivity contribution in [2.75, 3.05) is 5.32 Å². The summed E-state index contributed by atoms with van der Waals surface area (Å²) < 4.78 is 0. The summed E-state index contributed by atoms with van der Waals surface area (Å²) in [5, 5.41) is 8.79. The molecule has 0 radical (unpaired) electrons. The number of carbonyl (C=O) groups excluding carboxylic acids is 4. The SMILES string of the molecule is Cc1ncc2ccc(NC(=O)NCc3ccc4c(c3)CN(C3CCC(=O)NC3=O)C4=O)cc2n1. The van der Waals surface area contributed by atoms with Gasteiger partial charge in [-0.15, -0.1) is 0 Å². The first-order valence-electron chi connectivity index (χ1n) is 10.9. The Morgan fingerprint density at radius 1 is 1.18 bits per heavy atom. The molecular formula is C24H22N6O4. The van der Waals surface area contributed by atoms with Crippen LogP contribution in [0.2, 0.25) is 0 Å². The van der Waals surface area contributed by atoms with Crippen molar-refractivity contribution in [2.45, 2.75) is 38.9 Å². The second kappa shape index (κ2) is 8.54. The van der Waals surface area contributed by atoms with Crippen molar-refractivity contribution in [3.05, 3.63) is 65.1 Å². The molecule has 0 spiro atoms. The molecule has 3 N–H and O–H groups in total. The molecular weight excluding hydrogens is 436 g/mol. The predicted octanol–water partition coefficient (Wildman–Crippen LogP) is 2.02. The number of benzene rings is 2. The van der Waals surface area contributed by atoms with E-state index in [1.165, 1.54) is 4.90 Å². The van der Waals surface area contributed by atoms with Gasteiger partial charge in [-0.2, -0.15) is 0 Å². The van der Waals surface area contributed by atoms with Crippen LogP contribution in [0.3, 0.4) is 0 Å². The van der Waals surface area contributed by atoms with Crippen molar-refractivity contribution < 1.29 is 19.2 Å². The summed E-state index contributed by atoms with van der Waals surface area (Å²) in [5.41, 5.74) is 3.51. The van der Waals surface area contributed by atoms with Gasteiger partial charge in [-0.25, -0.2) is 14.8 Å². The smallest absolute Gasteiger partial charge is 0.319 e. The van der Waals surface area contributed by atoms with Gasteiger partial charge >= 0.3 is 6.03 Å². The Morgan fingerprint density at radius 3 is 2.85 bits per heavy atom. The molecule has 5 rings (SSSR count). The quantitative estimate of drug-likeness (QED) is 0.512. The molecule has 0 aliphatic carbocycles. The molecule has 1 fully saturated rings. The normalized spacial score (nSPS) is 17.5. The number of anilines is 1. The molecule has 1 unspecified atom stereocenters. The Labute approximate surface area is 194 Å². The Kier molecular flexibility index (Phi) is 5.40. The van der Waals surface area contributed by atoms with Crippen LogP contribution in [0.5, 0.6) is 0 Å². The highest BCUT2D eigenvalue weighted by atomic mass is 16.2. The fourth-order valence-electron chi connectivity index (χ4n) is 4.29. The minimum absolute atomic E-state index is 0.213. The number of hydrogen-bond acceptors (Lipinski definition) is 6. The molecule has 172 valence electrons. The number of imide groups is 1. The number of aromatic nitrogens is 2. The third-order valence-electron chi connectivity index (χ3n) is 6.00. The summed E-state index contributed by atoms with van der Waals surface area (Å²) in [5.74, 6) is -0.326. The third kappa shape index (κ3) is 4.17. The van der Waals surface area contributed by atoms with Crippen LogP contribution in [0.15, 0.2) is 42.6 Å². The lowest BCUT2D eigenvalue weighted by atomic mass is 10.0. The Bertz CT molecular complexity index is 1350. The second-order valence-corrected chi connectivity index (χ2v) is 8.39. The lowest BCUT2D eigenvalue weighted by Gasteiger charge is -2.29. The van der Waals surface area contributed by atoms with Crippen LogP contribution in [0.25, 0.3) is 10.9 Å². The predicted molar refractivity (Wildman–Crippen MR) is 123 cm³/mol. The standard InChI is InChI=1S/C24H22N6O4/c1-13-25-11-15-3-4-17(9-19(15)27-13)28-24(34)26-10-14-2-5-18-16(8-14)12-30(23(18)33)20-6-7-21(31)29-22(20)32/h2-5,8-9,11,20H,6-7,10,12H2,1H3,(H2,26,28,34)(H,29,31,32). The largest absolute Gasteiger partial charge is 0.334 e. The molecule has 2 aromatic carbocycles. The zero-order valence-electron chi connectivity index (χ0n) is 18.4. The van der Waals surface area contributed by atoms with Crippen molar-refractivity contribution in [2.24, 2.45) is 0 Å². The fraction of sp³-hybridized carbons (Fsp3) is 0.250. The number of urea groups is 1. The minimum atomic E-state index is -0.652. The molecule has 1 aromatic heterocycles. The number of fused-ring (bicyclic) bond motifs is 2. The van der Waals surface area contributed by atoms with E-state index < -0.39 is 11.9 Å². The number of hydrogen-bond donors (Lipinski definition) is 3. The molecule has 2 aliphatic heterocycles. The van der Waals surface area contributed by atoms with E-state index in [0.29, 0.717) is 30.0 Å². The number of piperidine rings is 1. The van der Waals surface area contributed by atoms with E-state index >= 15 is 0 Å². The van der Waals surface area contributed by atoms with Gasteiger partial charge in [0.25, 0.3) is 5.91 Å². The van der Waals surface area contributed by atoms with Gasteiger partial charge in [0.2, 0.25) is 11.8 Å². The van der Waals surface area contributed by atoms with Crippen LogP contribution < -0.4 is 16.0 Å². The van der Waals surface area contributed by atoms with Gasteiger partial charge in [0.15, 0.2) is 0 Å². The van der Waals surface area contributed by atoms with E-state index in [1.54, 1.807) is 37.4 Å². The molecule has 2 aliphatic rings. The Balaban J connectivity index is 1.21. The molecule has 1 atom stereocenters. The van der Waals surface area contributed by atoms with Crippen molar-refractivity contribution in [3.63, 3.8) is 0 Å². The van der Waals surface area contributed by atoms with Gasteiger partial charge in [-0.05, 0) is 48.7 Å². The number of aryl methyl sites for hydroxylation is 1. The zero-order chi connectivity index (χ0) is 23.8.